The Morgan fingerprint density at radius 3 is 1.35 bits per heavy atom. The van der Waals surface area contributed by atoms with E-state index in [-0.39, 0.29) is 37.0 Å². The molecule has 2 aliphatic rings. The molecule has 2 aliphatic heterocycles. The summed E-state index contributed by atoms with van der Waals surface area (Å²) in [5.41, 5.74) is 3.17. The van der Waals surface area contributed by atoms with Gasteiger partial charge in [-0.2, -0.15) is 9.97 Å². The molecule has 0 spiro atoms. The molecule has 0 saturated carbocycles. The Bertz CT molecular complexity index is 3010. The van der Waals surface area contributed by atoms with Crippen LogP contribution in [0.3, 0.4) is 0 Å². The van der Waals surface area contributed by atoms with E-state index in [2.05, 4.69) is 41.2 Å². The number of anilines is 2. The van der Waals surface area contributed by atoms with Gasteiger partial charge in [0.1, 0.15) is 0 Å². The number of amides is 2. The number of carbonyl (C=O) groups excluding carboxylic acids is 2. The van der Waals surface area contributed by atoms with Crippen LogP contribution in [0.2, 0.25) is 0 Å². The lowest BCUT2D eigenvalue weighted by Crippen LogP contribution is -2.42. The molecule has 0 unspecified atom stereocenters. The van der Waals surface area contributed by atoms with Crippen molar-refractivity contribution in [2.45, 2.75) is 50.9 Å². The topological polar surface area (TPSA) is 237 Å². The lowest BCUT2D eigenvalue weighted by molar-refractivity contribution is -0.123. The predicted octanol–water partition coefficient (Wildman–Crippen LogP) is 1.31. The predicted molar refractivity (Wildman–Crippen MR) is 235 cm³/mol. The molecule has 2 amide bonds. The molecule has 0 radical (unpaired) electrons. The van der Waals surface area contributed by atoms with Crippen molar-refractivity contribution in [3.63, 3.8) is 0 Å². The van der Waals surface area contributed by atoms with E-state index < -0.39 is 22.5 Å². The van der Waals surface area contributed by atoms with Gasteiger partial charge < -0.3 is 40.4 Å². The van der Waals surface area contributed by atoms with Crippen LogP contribution in [-0.2, 0) is 50.9 Å². The van der Waals surface area contributed by atoms with E-state index in [1.807, 2.05) is 60.7 Å². The quantitative estimate of drug-likeness (QED) is 0.128. The summed E-state index contributed by atoms with van der Waals surface area (Å²) < 4.78 is 8.59. The van der Waals surface area contributed by atoms with Gasteiger partial charge in [0.15, 0.2) is 22.3 Å². The zero-order valence-corrected chi connectivity index (χ0v) is 34.6. The Labute approximate surface area is 351 Å². The van der Waals surface area contributed by atoms with Crippen LogP contribution in [0.25, 0.3) is 44.1 Å². The molecule has 2 fully saturated rings. The summed E-state index contributed by atoms with van der Waals surface area (Å²) in [5, 5.41) is 14.3. The maximum atomic E-state index is 13.3. The molecule has 10 rings (SSSR count). The minimum absolute atomic E-state index is 0.0128. The molecular formula is C42H46N14O6. The Balaban J connectivity index is 0.000000158. The maximum absolute atomic E-state index is 13.3. The Morgan fingerprint density at radius 1 is 0.581 bits per heavy atom. The first-order valence-corrected chi connectivity index (χ1v) is 20.4. The number of H-pyrrole nitrogens is 2. The van der Waals surface area contributed by atoms with E-state index in [4.69, 9.17) is 0 Å². The number of piperidine rings is 2. The van der Waals surface area contributed by atoms with Gasteiger partial charge in [-0.3, -0.25) is 37.4 Å². The number of hydrogen-bond donors (Lipinski definition) is 6. The van der Waals surface area contributed by atoms with Crippen LogP contribution < -0.4 is 43.8 Å². The van der Waals surface area contributed by atoms with Crippen molar-refractivity contribution >= 4 is 67.8 Å². The fraction of sp³-hybridized carbons (Fsp3) is 0.333. The number of carbonyl (C=O) groups is 2. The summed E-state index contributed by atoms with van der Waals surface area (Å²) in [5.74, 6) is 1.05. The van der Waals surface area contributed by atoms with Gasteiger partial charge in [-0.15, -0.1) is 0 Å². The lowest BCUT2D eigenvalue weighted by atomic mass is 10.1. The monoisotopic (exact) mass is 842 g/mol. The third-order valence-corrected chi connectivity index (χ3v) is 11.7. The number of nitrogens with zero attached hydrogens (tertiary/aromatic N) is 8. The van der Waals surface area contributed by atoms with Crippen LogP contribution >= 0.6 is 0 Å². The summed E-state index contributed by atoms with van der Waals surface area (Å²) in [6.45, 7) is 1.26. The number of rotatable bonds is 8. The van der Waals surface area contributed by atoms with Crippen molar-refractivity contribution in [2.24, 2.45) is 28.2 Å². The lowest BCUT2D eigenvalue weighted by Gasteiger charge is -2.23. The minimum Gasteiger partial charge on any atom is -0.357 e. The highest BCUT2D eigenvalue weighted by Crippen LogP contribution is 2.20. The summed E-state index contributed by atoms with van der Waals surface area (Å²) in [4.78, 5) is 90.8. The summed E-state index contributed by atoms with van der Waals surface area (Å²) >= 11 is 0. The molecule has 62 heavy (non-hydrogen) atoms. The average molecular weight is 843 g/mol. The highest BCUT2D eigenvalue weighted by Gasteiger charge is 2.25. The number of benzene rings is 2. The second kappa shape index (κ2) is 15.8. The van der Waals surface area contributed by atoms with Gasteiger partial charge in [-0.25, -0.2) is 9.59 Å². The summed E-state index contributed by atoms with van der Waals surface area (Å²) in [6.07, 6.45) is 2.24. The molecule has 2 aromatic carbocycles. The number of hydrogen-bond acceptors (Lipinski definition) is 10. The third-order valence-electron chi connectivity index (χ3n) is 11.7. The van der Waals surface area contributed by atoms with E-state index >= 15 is 0 Å². The Kier molecular flexibility index (Phi) is 10.1. The highest BCUT2D eigenvalue weighted by atomic mass is 16.2. The normalized spacial score (nSPS) is 16.7. The maximum Gasteiger partial charge on any atom is 0.332 e. The number of para-hydroxylation sites is 2. The molecule has 320 valence electrons. The number of aromatic nitrogens is 10. The van der Waals surface area contributed by atoms with E-state index in [9.17, 15) is 28.8 Å². The molecule has 0 bridgehead atoms. The number of nitrogens with one attached hydrogen (secondary N) is 6. The van der Waals surface area contributed by atoms with Crippen molar-refractivity contribution in [1.82, 2.24) is 58.0 Å². The van der Waals surface area contributed by atoms with Crippen molar-refractivity contribution in [1.29, 1.82) is 0 Å². The van der Waals surface area contributed by atoms with Crippen molar-refractivity contribution < 1.29 is 9.59 Å². The van der Waals surface area contributed by atoms with Crippen LogP contribution in [0.1, 0.15) is 37.1 Å². The van der Waals surface area contributed by atoms with Crippen LogP contribution in [0.4, 0.5) is 11.9 Å². The molecule has 6 N–H and O–H groups in total. The van der Waals surface area contributed by atoms with Crippen LogP contribution in [0, 0.1) is 0 Å². The zero-order chi connectivity index (χ0) is 43.4. The summed E-state index contributed by atoms with van der Waals surface area (Å²) in [7, 11) is 6.73. The highest BCUT2D eigenvalue weighted by molar-refractivity contribution is 5.82. The van der Waals surface area contributed by atoms with Gasteiger partial charge in [0, 0.05) is 88.6 Å². The van der Waals surface area contributed by atoms with Crippen molar-refractivity contribution in [3.05, 3.63) is 114 Å². The second-order valence-corrected chi connectivity index (χ2v) is 15.9. The molecule has 0 aliphatic carbocycles. The second-order valence-electron chi connectivity index (χ2n) is 15.9. The molecule has 8 heterocycles. The first-order chi connectivity index (χ1) is 29.8. The smallest absolute Gasteiger partial charge is 0.332 e. The molecule has 20 nitrogen and oxygen atoms in total. The number of imidazole rings is 2. The largest absolute Gasteiger partial charge is 0.357 e. The zero-order valence-electron chi connectivity index (χ0n) is 34.6. The van der Waals surface area contributed by atoms with E-state index in [1.54, 1.807) is 37.3 Å². The first kappa shape index (κ1) is 39.8. The van der Waals surface area contributed by atoms with Crippen LogP contribution in [0.15, 0.2) is 79.8 Å². The number of fused-ring (bicyclic) bond motifs is 4. The van der Waals surface area contributed by atoms with Gasteiger partial charge in [0.2, 0.25) is 23.7 Å². The Morgan fingerprint density at radius 2 is 0.984 bits per heavy atom. The SMILES string of the molecule is Cn1c(N[C@@H]2CCC(=O)NC2)nc2c1c(=O)n(Cc1cc3ccccc3[nH]1)c(=O)n2C.Cn1c(N[C@H]2CCC(=O)NC2)nc2c1c(=O)n(Cc1cc3ccccc3[nH]1)c(=O)n2C. The van der Waals surface area contributed by atoms with Crippen molar-refractivity contribution in [3.8, 4) is 0 Å². The molecule has 2 atom stereocenters. The van der Waals surface area contributed by atoms with Crippen LogP contribution in [-0.4, -0.2) is 84.3 Å². The van der Waals surface area contributed by atoms with E-state index in [0.29, 0.717) is 73.0 Å². The molecular weight excluding hydrogens is 797 g/mol. The molecule has 20 heteroatoms. The fourth-order valence-electron chi connectivity index (χ4n) is 8.28. The summed E-state index contributed by atoms with van der Waals surface area (Å²) in [6, 6.07) is 19.5. The third kappa shape index (κ3) is 7.21. The van der Waals surface area contributed by atoms with Gasteiger partial charge in [0.25, 0.3) is 11.1 Å². The van der Waals surface area contributed by atoms with Crippen LogP contribution in [0.5, 0.6) is 0 Å². The van der Waals surface area contributed by atoms with Crippen molar-refractivity contribution in [2.75, 3.05) is 23.7 Å². The minimum atomic E-state index is -0.425. The number of aryl methyl sites for hydroxylation is 4. The molecule has 2 saturated heterocycles. The first-order valence-electron chi connectivity index (χ1n) is 20.4. The standard InChI is InChI=1S/2C21H23N7O3/c2*1-26-17-18(25-20(26)24-13-7-8-16(29)22-10-13)27(2)21(31)28(19(17)30)11-14-9-12-5-3-4-6-15(12)23-14/h2*3-6,9,13,23H,7-8,10-11H2,1-2H3,(H,22,29)(H,24,25)/t2*13-/m10/s1. The fourth-order valence-corrected chi connectivity index (χ4v) is 8.28. The van der Waals surface area contributed by atoms with Gasteiger partial charge in [-0.1, -0.05) is 36.4 Å². The van der Waals surface area contributed by atoms with Gasteiger partial charge in [0.05, 0.1) is 13.1 Å². The van der Waals surface area contributed by atoms with E-state index in [0.717, 1.165) is 33.2 Å². The van der Waals surface area contributed by atoms with Gasteiger partial charge >= 0.3 is 11.4 Å². The Hall–Kier alpha value is -7.64. The number of aromatic amines is 2. The van der Waals surface area contributed by atoms with Gasteiger partial charge in [-0.05, 0) is 47.9 Å². The molecule has 6 aromatic heterocycles. The molecule has 8 aromatic rings. The average Bonchev–Trinajstić information content (AvgIpc) is 4.04. The van der Waals surface area contributed by atoms with E-state index in [1.165, 1.54) is 18.3 Å².